The number of rotatable bonds is 6. The molecule has 0 amide bonds. The Morgan fingerprint density at radius 1 is 1.05 bits per heavy atom. The van der Waals surface area contributed by atoms with Gasteiger partial charge in [-0.25, -0.2) is 0 Å². The smallest absolute Gasteiger partial charge is 0.129 e. The van der Waals surface area contributed by atoms with Crippen LogP contribution in [0.1, 0.15) is 29.9 Å². The van der Waals surface area contributed by atoms with Gasteiger partial charge >= 0.3 is 0 Å². The van der Waals surface area contributed by atoms with Crippen molar-refractivity contribution >= 4 is 5.69 Å². The summed E-state index contributed by atoms with van der Waals surface area (Å²) in [6.07, 6.45) is 2.62. The Bertz CT molecular complexity index is 574. The third-order valence-electron chi connectivity index (χ3n) is 3.94. The van der Waals surface area contributed by atoms with E-state index in [1.165, 1.54) is 31.5 Å². The van der Waals surface area contributed by atoms with Crippen LogP contribution in [0.2, 0.25) is 0 Å². The molecule has 1 aromatic heterocycles. The number of hydrogen-bond acceptors (Lipinski definition) is 4. The fraction of sp³-hybridized carbons (Fsp3) is 0.412. The van der Waals surface area contributed by atoms with Crippen molar-refractivity contribution in [1.29, 1.82) is 0 Å². The number of anilines is 1. The van der Waals surface area contributed by atoms with Crippen LogP contribution < -0.4 is 5.32 Å². The van der Waals surface area contributed by atoms with Gasteiger partial charge in [-0.3, -0.25) is 4.90 Å². The molecule has 1 aliphatic heterocycles. The van der Waals surface area contributed by atoms with Gasteiger partial charge < -0.3 is 14.8 Å². The monoisotopic (exact) mass is 286 g/mol. The zero-order valence-corrected chi connectivity index (χ0v) is 12.2. The molecule has 4 nitrogen and oxygen atoms in total. The normalized spacial score (nSPS) is 15.5. The van der Waals surface area contributed by atoms with E-state index < -0.39 is 0 Å². The van der Waals surface area contributed by atoms with Crippen LogP contribution in [-0.4, -0.2) is 23.1 Å². The van der Waals surface area contributed by atoms with E-state index in [0.717, 1.165) is 18.0 Å². The molecule has 0 saturated carbocycles. The maximum atomic E-state index is 9.02. The highest BCUT2D eigenvalue weighted by molar-refractivity contribution is 5.51. The number of nitrogens with one attached hydrogen (secondary N) is 1. The molecule has 2 heterocycles. The van der Waals surface area contributed by atoms with Crippen LogP contribution in [0.15, 0.2) is 40.8 Å². The van der Waals surface area contributed by atoms with Gasteiger partial charge in [-0.15, -0.1) is 0 Å². The second-order valence-corrected chi connectivity index (χ2v) is 5.52. The fourth-order valence-corrected chi connectivity index (χ4v) is 2.80. The van der Waals surface area contributed by atoms with Gasteiger partial charge in [-0.05, 0) is 49.7 Å². The molecule has 112 valence electrons. The third-order valence-corrected chi connectivity index (χ3v) is 3.94. The van der Waals surface area contributed by atoms with Crippen molar-refractivity contribution < 1.29 is 9.52 Å². The molecule has 0 radical (unpaired) electrons. The maximum Gasteiger partial charge on any atom is 0.129 e. The minimum absolute atomic E-state index is 0.0501. The van der Waals surface area contributed by atoms with E-state index in [0.29, 0.717) is 12.3 Å². The maximum absolute atomic E-state index is 9.02. The quantitative estimate of drug-likeness (QED) is 0.857. The first-order valence-electron chi connectivity index (χ1n) is 7.58. The van der Waals surface area contributed by atoms with Gasteiger partial charge in [0.15, 0.2) is 0 Å². The Hall–Kier alpha value is -1.78. The predicted octanol–water partition coefficient (Wildman–Crippen LogP) is 2.98. The fourth-order valence-electron chi connectivity index (χ4n) is 2.80. The Kier molecular flexibility index (Phi) is 4.58. The lowest BCUT2D eigenvalue weighted by molar-refractivity contribution is 0.244. The molecule has 1 aromatic carbocycles. The van der Waals surface area contributed by atoms with Gasteiger partial charge in [-0.2, -0.15) is 0 Å². The first-order chi connectivity index (χ1) is 10.3. The zero-order chi connectivity index (χ0) is 14.5. The van der Waals surface area contributed by atoms with Crippen LogP contribution in [0.3, 0.4) is 0 Å². The number of benzene rings is 1. The summed E-state index contributed by atoms with van der Waals surface area (Å²) >= 11 is 0. The predicted molar refractivity (Wildman–Crippen MR) is 82.9 cm³/mol. The van der Waals surface area contributed by atoms with E-state index in [1.54, 1.807) is 0 Å². The standard InChI is InChI=1S/C17H22N2O2/c20-13-16-8-7-15(21-16)11-18-17-6-2-1-5-14(17)12-19-9-3-4-10-19/h1-2,5-8,18,20H,3-4,9-13H2. The molecule has 1 aliphatic rings. The van der Waals surface area contributed by atoms with Gasteiger partial charge in [-0.1, -0.05) is 18.2 Å². The molecule has 0 spiro atoms. The highest BCUT2D eigenvalue weighted by Gasteiger charge is 2.13. The zero-order valence-electron chi connectivity index (χ0n) is 12.2. The Balaban J connectivity index is 1.64. The Morgan fingerprint density at radius 3 is 2.57 bits per heavy atom. The number of aliphatic hydroxyl groups is 1. The summed E-state index contributed by atoms with van der Waals surface area (Å²) in [4.78, 5) is 2.50. The minimum atomic E-state index is -0.0501. The summed E-state index contributed by atoms with van der Waals surface area (Å²) in [5.41, 5.74) is 2.49. The average molecular weight is 286 g/mol. The van der Waals surface area contributed by atoms with Gasteiger partial charge in [0, 0.05) is 12.2 Å². The van der Waals surface area contributed by atoms with E-state index in [4.69, 9.17) is 9.52 Å². The first-order valence-corrected chi connectivity index (χ1v) is 7.58. The van der Waals surface area contributed by atoms with Crippen LogP contribution in [0.25, 0.3) is 0 Å². The first kappa shape index (κ1) is 14.2. The molecule has 1 fully saturated rings. The number of furan rings is 1. The van der Waals surface area contributed by atoms with Crippen LogP contribution in [0, 0.1) is 0 Å². The van der Waals surface area contributed by atoms with Crippen LogP contribution in [-0.2, 0) is 19.7 Å². The van der Waals surface area contributed by atoms with Gasteiger partial charge in [0.25, 0.3) is 0 Å². The highest BCUT2D eigenvalue weighted by Crippen LogP contribution is 2.21. The third kappa shape index (κ3) is 3.65. The highest BCUT2D eigenvalue weighted by atomic mass is 16.4. The molecule has 2 N–H and O–H groups in total. The number of nitrogens with zero attached hydrogens (tertiary/aromatic N) is 1. The largest absolute Gasteiger partial charge is 0.462 e. The summed E-state index contributed by atoms with van der Waals surface area (Å²) in [6, 6.07) is 12.2. The molecule has 21 heavy (non-hydrogen) atoms. The molecule has 0 bridgehead atoms. The van der Waals surface area contributed by atoms with Crippen molar-refractivity contribution in [1.82, 2.24) is 4.90 Å². The molecule has 0 aliphatic carbocycles. The number of aliphatic hydroxyl groups excluding tert-OH is 1. The van der Waals surface area contributed by atoms with Gasteiger partial charge in [0.05, 0.1) is 6.54 Å². The lowest BCUT2D eigenvalue weighted by atomic mass is 10.1. The van der Waals surface area contributed by atoms with Crippen molar-refractivity contribution in [2.45, 2.75) is 32.5 Å². The Morgan fingerprint density at radius 2 is 1.81 bits per heavy atom. The van der Waals surface area contributed by atoms with E-state index in [2.05, 4.69) is 34.5 Å². The van der Waals surface area contributed by atoms with Gasteiger partial charge in [0.1, 0.15) is 18.1 Å². The second-order valence-electron chi connectivity index (χ2n) is 5.52. The van der Waals surface area contributed by atoms with Crippen molar-refractivity contribution in [3.63, 3.8) is 0 Å². The van der Waals surface area contributed by atoms with Crippen LogP contribution >= 0.6 is 0 Å². The van der Waals surface area contributed by atoms with Crippen molar-refractivity contribution in [2.75, 3.05) is 18.4 Å². The van der Waals surface area contributed by atoms with E-state index in [1.807, 2.05) is 12.1 Å². The van der Waals surface area contributed by atoms with Gasteiger partial charge in [0.2, 0.25) is 0 Å². The lowest BCUT2D eigenvalue weighted by Gasteiger charge is -2.18. The number of hydrogen-bond donors (Lipinski definition) is 2. The summed E-state index contributed by atoms with van der Waals surface area (Å²) < 4.78 is 5.50. The van der Waals surface area contributed by atoms with Crippen LogP contribution in [0.4, 0.5) is 5.69 Å². The van der Waals surface area contributed by atoms with Crippen molar-refractivity contribution in [3.8, 4) is 0 Å². The van der Waals surface area contributed by atoms with Crippen molar-refractivity contribution in [3.05, 3.63) is 53.5 Å². The topological polar surface area (TPSA) is 48.6 Å². The van der Waals surface area contributed by atoms with Crippen molar-refractivity contribution in [2.24, 2.45) is 0 Å². The van der Waals surface area contributed by atoms with E-state index in [-0.39, 0.29) is 6.61 Å². The molecule has 0 atom stereocenters. The lowest BCUT2D eigenvalue weighted by Crippen LogP contribution is -2.19. The Labute approximate surface area is 125 Å². The van der Waals surface area contributed by atoms with Crippen LogP contribution in [0.5, 0.6) is 0 Å². The minimum Gasteiger partial charge on any atom is -0.462 e. The molecular weight excluding hydrogens is 264 g/mol. The summed E-state index contributed by atoms with van der Waals surface area (Å²) in [5.74, 6) is 1.45. The summed E-state index contributed by atoms with van der Waals surface area (Å²) in [6.45, 7) is 3.99. The van der Waals surface area contributed by atoms with E-state index in [9.17, 15) is 0 Å². The summed E-state index contributed by atoms with van der Waals surface area (Å²) in [7, 11) is 0. The molecule has 2 aromatic rings. The SMILES string of the molecule is OCc1ccc(CNc2ccccc2CN2CCCC2)o1. The molecule has 4 heteroatoms. The molecular formula is C17H22N2O2. The number of likely N-dealkylation sites (tertiary alicyclic amines) is 1. The second kappa shape index (κ2) is 6.78. The molecule has 0 unspecified atom stereocenters. The average Bonchev–Trinajstić information content (AvgIpc) is 3.17. The van der Waals surface area contributed by atoms with E-state index >= 15 is 0 Å². The molecule has 3 rings (SSSR count). The number of para-hydroxylation sites is 1. The molecule has 1 saturated heterocycles. The summed E-state index contributed by atoms with van der Waals surface area (Å²) in [5, 5.41) is 12.5.